The Labute approximate surface area is 125 Å². The maximum Gasteiger partial charge on any atom is 0.410 e. The molecule has 0 bridgehead atoms. The maximum absolute atomic E-state index is 12.0. The zero-order valence-corrected chi connectivity index (χ0v) is 12.9. The molecule has 114 valence electrons. The molecule has 0 radical (unpaired) electrons. The van der Waals surface area contributed by atoms with Crippen molar-refractivity contribution in [1.29, 1.82) is 5.26 Å². The van der Waals surface area contributed by atoms with E-state index in [4.69, 9.17) is 10.00 Å². The topological polar surface area (TPSA) is 71.2 Å². The lowest BCUT2D eigenvalue weighted by atomic mass is 10.1. The Bertz CT molecular complexity index is 531. The first-order chi connectivity index (χ1) is 9.90. The fourth-order valence-corrected chi connectivity index (χ4v) is 2.51. The van der Waals surface area contributed by atoms with Gasteiger partial charge in [-0.1, -0.05) is 0 Å². The molecule has 1 aromatic rings. The standard InChI is InChI=1S/C15H22N4O2/c1-15(2,3)21-14(20)18-10-6-13(7-11-18)19-12(4-8-16)5-9-17-19/h5,9,13H,4,6-7,10-11H2,1-3H3. The van der Waals surface area contributed by atoms with E-state index in [9.17, 15) is 4.79 Å². The highest BCUT2D eigenvalue weighted by Gasteiger charge is 2.28. The van der Waals surface area contributed by atoms with Gasteiger partial charge in [0.25, 0.3) is 0 Å². The van der Waals surface area contributed by atoms with E-state index in [0.717, 1.165) is 18.5 Å². The normalized spacial score (nSPS) is 16.6. The van der Waals surface area contributed by atoms with Crippen molar-refractivity contribution in [3.63, 3.8) is 0 Å². The number of hydrogen-bond donors (Lipinski definition) is 0. The summed E-state index contributed by atoms with van der Waals surface area (Å²) in [5.41, 5.74) is 0.476. The SMILES string of the molecule is CC(C)(C)OC(=O)N1CCC(n2nccc2CC#N)CC1. The lowest BCUT2D eigenvalue weighted by Gasteiger charge is -2.33. The number of aromatic nitrogens is 2. The lowest BCUT2D eigenvalue weighted by Crippen LogP contribution is -2.42. The van der Waals surface area contributed by atoms with E-state index in [1.54, 1.807) is 11.1 Å². The summed E-state index contributed by atoms with van der Waals surface area (Å²) < 4.78 is 7.31. The molecule has 1 fully saturated rings. The molecule has 1 aromatic heterocycles. The van der Waals surface area contributed by atoms with E-state index in [2.05, 4.69) is 11.2 Å². The van der Waals surface area contributed by atoms with Gasteiger partial charge >= 0.3 is 6.09 Å². The van der Waals surface area contributed by atoms with E-state index < -0.39 is 5.60 Å². The predicted octanol–water partition coefficient (Wildman–Crippen LogP) is 2.52. The van der Waals surface area contributed by atoms with Gasteiger partial charge in [-0.25, -0.2) is 4.79 Å². The predicted molar refractivity (Wildman–Crippen MR) is 77.6 cm³/mol. The third-order valence-electron chi connectivity index (χ3n) is 3.47. The van der Waals surface area contributed by atoms with Gasteiger partial charge in [-0.2, -0.15) is 10.4 Å². The monoisotopic (exact) mass is 290 g/mol. The number of nitrogens with zero attached hydrogens (tertiary/aromatic N) is 4. The van der Waals surface area contributed by atoms with E-state index in [0.29, 0.717) is 19.5 Å². The van der Waals surface area contributed by atoms with Gasteiger partial charge in [0.1, 0.15) is 5.60 Å². The number of carbonyl (C=O) groups is 1. The van der Waals surface area contributed by atoms with E-state index >= 15 is 0 Å². The molecule has 0 aromatic carbocycles. The molecule has 0 unspecified atom stereocenters. The van der Waals surface area contributed by atoms with Gasteiger partial charge in [-0.3, -0.25) is 4.68 Å². The van der Waals surface area contributed by atoms with Crippen LogP contribution in [0.4, 0.5) is 4.79 Å². The number of likely N-dealkylation sites (tertiary alicyclic amines) is 1. The quantitative estimate of drug-likeness (QED) is 0.839. The molecular formula is C15H22N4O2. The average Bonchev–Trinajstić information content (AvgIpc) is 2.86. The van der Waals surface area contributed by atoms with Crippen molar-refractivity contribution in [1.82, 2.24) is 14.7 Å². The van der Waals surface area contributed by atoms with E-state index in [-0.39, 0.29) is 12.1 Å². The fourth-order valence-electron chi connectivity index (χ4n) is 2.51. The van der Waals surface area contributed by atoms with Crippen LogP contribution in [0.2, 0.25) is 0 Å². The summed E-state index contributed by atoms with van der Waals surface area (Å²) in [7, 11) is 0. The Hall–Kier alpha value is -2.03. The van der Waals surface area contributed by atoms with Crippen LogP contribution in [0.5, 0.6) is 0 Å². The molecule has 0 spiro atoms. The number of rotatable bonds is 2. The molecule has 6 heteroatoms. The van der Waals surface area contributed by atoms with Crippen molar-refractivity contribution < 1.29 is 9.53 Å². The Morgan fingerprint density at radius 1 is 1.48 bits per heavy atom. The smallest absolute Gasteiger partial charge is 0.410 e. The molecule has 21 heavy (non-hydrogen) atoms. The zero-order valence-electron chi connectivity index (χ0n) is 12.9. The molecule has 0 aliphatic carbocycles. The third-order valence-corrected chi connectivity index (χ3v) is 3.47. The summed E-state index contributed by atoms with van der Waals surface area (Å²) in [5, 5.41) is 13.1. The fraction of sp³-hybridized carbons (Fsp3) is 0.667. The minimum absolute atomic E-state index is 0.251. The minimum atomic E-state index is -0.462. The van der Waals surface area contributed by atoms with Crippen molar-refractivity contribution in [2.75, 3.05) is 13.1 Å². The second kappa shape index (κ2) is 6.17. The van der Waals surface area contributed by atoms with E-state index in [1.807, 2.05) is 31.5 Å². The number of nitriles is 1. The number of amides is 1. The van der Waals surface area contributed by atoms with Crippen molar-refractivity contribution in [2.45, 2.75) is 51.7 Å². The highest BCUT2D eigenvalue weighted by molar-refractivity contribution is 5.68. The maximum atomic E-state index is 12.0. The zero-order chi connectivity index (χ0) is 15.5. The molecule has 1 aliphatic rings. The summed E-state index contributed by atoms with van der Waals surface area (Å²) in [5.74, 6) is 0. The van der Waals surface area contributed by atoms with Gasteiger partial charge in [-0.15, -0.1) is 0 Å². The summed E-state index contributed by atoms with van der Waals surface area (Å²) in [6, 6.07) is 4.29. The largest absolute Gasteiger partial charge is 0.444 e. The summed E-state index contributed by atoms with van der Waals surface area (Å²) in [4.78, 5) is 13.8. The first kappa shape index (κ1) is 15.4. The summed E-state index contributed by atoms with van der Waals surface area (Å²) >= 11 is 0. The van der Waals surface area contributed by atoms with Crippen LogP contribution in [0.3, 0.4) is 0 Å². The van der Waals surface area contributed by atoms with Crippen molar-refractivity contribution >= 4 is 6.09 Å². The van der Waals surface area contributed by atoms with Crippen LogP contribution in [0, 0.1) is 11.3 Å². The first-order valence-corrected chi connectivity index (χ1v) is 7.28. The molecule has 6 nitrogen and oxygen atoms in total. The summed E-state index contributed by atoms with van der Waals surface area (Å²) in [6.45, 7) is 6.93. The molecule has 1 aliphatic heterocycles. The van der Waals surface area contributed by atoms with Crippen LogP contribution >= 0.6 is 0 Å². The number of carbonyl (C=O) groups excluding carboxylic acids is 1. The highest BCUT2D eigenvalue weighted by atomic mass is 16.6. The van der Waals surface area contributed by atoms with Gasteiger partial charge in [0.15, 0.2) is 0 Å². The number of hydrogen-bond acceptors (Lipinski definition) is 4. The van der Waals surface area contributed by atoms with Crippen molar-refractivity contribution in [3.8, 4) is 6.07 Å². The van der Waals surface area contributed by atoms with Crippen LogP contribution < -0.4 is 0 Å². The molecule has 1 saturated heterocycles. The highest BCUT2D eigenvalue weighted by Crippen LogP contribution is 2.24. The van der Waals surface area contributed by atoms with Gasteiger partial charge < -0.3 is 9.64 Å². The second-order valence-electron chi connectivity index (χ2n) is 6.30. The summed E-state index contributed by atoms with van der Waals surface area (Å²) in [6.07, 6.45) is 3.51. The molecule has 1 amide bonds. The Morgan fingerprint density at radius 3 is 2.71 bits per heavy atom. The Balaban J connectivity index is 1.93. The van der Waals surface area contributed by atoms with Crippen LogP contribution in [-0.4, -0.2) is 39.5 Å². The number of piperidine rings is 1. The van der Waals surface area contributed by atoms with Crippen LogP contribution in [0.25, 0.3) is 0 Å². The van der Waals surface area contributed by atoms with Gasteiger partial charge in [0.05, 0.1) is 24.2 Å². The Kier molecular flexibility index (Phi) is 4.51. The second-order valence-corrected chi connectivity index (χ2v) is 6.30. The van der Waals surface area contributed by atoms with Gasteiger partial charge in [0.2, 0.25) is 0 Å². The molecule has 0 N–H and O–H groups in total. The van der Waals surface area contributed by atoms with Crippen LogP contribution in [0.15, 0.2) is 12.3 Å². The van der Waals surface area contributed by atoms with E-state index in [1.165, 1.54) is 0 Å². The van der Waals surface area contributed by atoms with Crippen molar-refractivity contribution in [2.24, 2.45) is 0 Å². The Morgan fingerprint density at radius 2 is 2.14 bits per heavy atom. The molecule has 0 atom stereocenters. The molecule has 2 rings (SSSR count). The first-order valence-electron chi connectivity index (χ1n) is 7.28. The minimum Gasteiger partial charge on any atom is -0.444 e. The third kappa shape index (κ3) is 3.97. The molecular weight excluding hydrogens is 268 g/mol. The average molecular weight is 290 g/mol. The van der Waals surface area contributed by atoms with Gasteiger partial charge in [0, 0.05) is 19.3 Å². The molecule has 0 saturated carbocycles. The van der Waals surface area contributed by atoms with Crippen LogP contribution in [0.1, 0.15) is 45.3 Å². The van der Waals surface area contributed by atoms with Gasteiger partial charge in [-0.05, 0) is 39.7 Å². The molecule has 2 heterocycles. The number of ether oxygens (including phenoxy) is 1. The van der Waals surface area contributed by atoms with Crippen LogP contribution in [-0.2, 0) is 11.2 Å². The lowest BCUT2D eigenvalue weighted by molar-refractivity contribution is 0.0184. The van der Waals surface area contributed by atoms with Crippen molar-refractivity contribution in [3.05, 3.63) is 18.0 Å².